The molecule has 0 spiro atoms. The molecular formula is C15H14F3NS. The lowest BCUT2D eigenvalue weighted by Gasteiger charge is -2.13. The molecule has 5 heteroatoms. The van der Waals surface area contributed by atoms with Crippen LogP contribution in [0, 0.1) is 0 Å². The topological polar surface area (TPSA) is 26.0 Å². The first-order chi connectivity index (χ1) is 9.40. The van der Waals surface area contributed by atoms with Crippen LogP contribution >= 0.6 is 11.8 Å². The molecule has 106 valence electrons. The number of halogens is 3. The number of nitrogens with two attached hydrogens (primary N) is 1. The van der Waals surface area contributed by atoms with Gasteiger partial charge in [-0.3, -0.25) is 0 Å². The highest BCUT2D eigenvalue weighted by Crippen LogP contribution is 2.40. The molecule has 2 rings (SSSR count). The molecule has 2 N–H and O–H groups in total. The van der Waals surface area contributed by atoms with E-state index in [1.807, 2.05) is 31.2 Å². The van der Waals surface area contributed by atoms with Crippen LogP contribution in [0.15, 0.2) is 52.3 Å². The number of rotatable bonds is 3. The molecule has 0 heterocycles. The van der Waals surface area contributed by atoms with E-state index in [9.17, 15) is 13.2 Å². The van der Waals surface area contributed by atoms with Gasteiger partial charge in [0.25, 0.3) is 0 Å². The fraction of sp³-hybridized carbons (Fsp3) is 0.200. The van der Waals surface area contributed by atoms with Crippen LogP contribution in [0.2, 0.25) is 0 Å². The lowest BCUT2D eigenvalue weighted by molar-refractivity contribution is -0.139. The third-order valence-electron chi connectivity index (χ3n) is 2.87. The van der Waals surface area contributed by atoms with Gasteiger partial charge in [0.1, 0.15) is 0 Å². The van der Waals surface area contributed by atoms with Crippen molar-refractivity contribution in [3.05, 3.63) is 53.6 Å². The van der Waals surface area contributed by atoms with Gasteiger partial charge >= 0.3 is 6.18 Å². The highest BCUT2D eigenvalue weighted by atomic mass is 32.2. The first kappa shape index (κ1) is 14.8. The third-order valence-corrected chi connectivity index (χ3v) is 3.95. The van der Waals surface area contributed by atoms with Gasteiger partial charge in [-0.1, -0.05) is 30.8 Å². The molecule has 0 aliphatic rings. The van der Waals surface area contributed by atoms with E-state index in [4.69, 9.17) is 5.73 Å². The molecule has 0 aliphatic carbocycles. The quantitative estimate of drug-likeness (QED) is 0.807. The summed E-state index contributed by atoms with van der Waals surface area (Å²) < 4.78 is 38.9. The molecule has 0 saturated carbocycles. The van der Waals surface area contributed by atoms with E-state index in [-0.39, 0.29) is 10.6 Å². The molecule has 0 aliphatic heterocycles. The summed E-state index contributed by atoms with van der Waals surface area (Å²) in [6.07, 6.45) is -3.50. The van der Waals surface area contributed by atoms with Crippen molar-refractivity contribution in [2.75, 3.05) is 5.73 Å². The second-order valence-electron chi connectivity index (χ2n) is 4.35. The molecule has 2 aromatic carbocycles. The van der Waals surface area contributed by atoms with Crippen LogP contribution in [0.1, 0.15) is 18.1 Å². The fourth-order valence-corrected chi connectivity index (χ4v) is 2.73. The Morgan fingerprint density at radius 3 is 2.25 bits per heavy atom. The van der Waals surface area contributed by atoms with Crippen molar-refractivity contribution in [3.8, 4) is 0 Å². The van der Waals surface area contributed by atoms with Gasteiger partial charge in [-0.25, -0.2) is 0 Å². The van der Waals surface area contributed by atoms with Crippen LogP contribution in [0.25, 0.3) is 0 Å². The van der Waals surface area contributed by atoms with Crippen LogP contribution < -0.4 is 5.73 Å². The van der Waals surface area contributed by atoms with Crippen molar-refractivity contribution in [2.45, 2.75) is 29.3 Å². The van der Waals surface area contributed by atoms with Gasteiger partial charge < -0.3 is 5.73 Å². The summed E-state index contributed by atoms with van der Waals surface area (Å²) in [6, 6.07) is 11.4. The van der Waals surface area contributed by atoms with E-state index >= 15 is 0 Å². The van der Waals surface area contributed by atoms with Crippen LogP contribution in [-0.2, 0) is 12.6 Å². The zero-order chi connectivity index (χ0) is 14.8. The van der Waals surface area contributed by atoms with Crippen molar-refractivity contribution < 1.29 is 13.2 Å². The molecule has 1 nitrogen and oxygen atoms in total. The normalized spacial score (nSPS) is 11.6. The Morgan fingerprint density at radius 2 is 1.70 bits per heavy atom. The Bertz CT molecular complexity index is 591. The van der Waals surface area contributed by atoms with Gasteiger partial charge in [-0.15, -0.1) is 0 Å². The molecule has 0 saturated heterocycles. The van der Waals surface area contributed by atoms with E-state index in [1.54, 1.807) is 0 Å². The van der Waals surface area contributed by atoms with Crippen LogP contribution in [0.3, 0.4) is 0 Å². The maximum atomic E-state index is 13.0. The summed E-state index contributed by atoms with van der Waals surface area (Å²) in [5.41, 5.74) is 6.02. The zero-order valence-corrected chi connectivity index (χ0v) is 11.7. The fourth-order valence-electron chi connectivity index (χ4n) is 1.78. The molecule has 0 atom stereocenters. The number of anilines is 1. The standard InChI is InChI=1S/C15H14F3NS/c1-2-10-3-6-12(7-4-10)20-14-8-5-11(19)9-13(14)15(16,17)18/h3-9H,2,19H2,1H3. The molecule has 0 unspecified atom stereocenters. The summed E-state index contributed by atoms with van der Waals surface area (Å²) in [5.74, 6) is 0. The molecule has 0 amide bonds. The van der Waals surface area contributed by atoms with E-state index < -0.39 is 11.7 Å². The number of benzene rings is 2. The second kappa shape index (κ2) is 5.79. The number of hydrogen-bond donors (Lipinski definition) is 1. The van der Waals surface area contributed by atoms with Crippen molar-refractivity contribution in [3.63, 3.8) is 0 Å². The Hall–Kier alpha value is -1.62. The largest absolute Gasteiger partial charge is 0.417 e. The Morgan fingerprint density at radius 1 is 1.05 bits per heavy atom. The molecule has 0 bridgehead atoms. The molecule has 20 heavy (non-hydrogen) atoms. The van der Waals surface area contributed by atoms with Gasteiger partial charge in [-0.05, 0) is 42.3 Å². The predicted octanol–water partition coefficient (Wildman–Crippen LogP) is 5.00. The smallest absolute Gasteiger partial charge is 0.399 e. The number of hydrogen-bond acceptors (Lipinski definition) is 2. The van der Waals surface area contributed by atoms with Gasteiger partial charge in [0.15, 0.2) is 0 Å². The zero-order valence-electron chi connectivity index (χ0n) is 10.9. The first-order valence-corrected chi connectivity index (χ1v) is 6.95. The SMILES string of the molecule is CCc1ccc(Sc2ccc(N)cc2C(F)(F)F)cc1. The number of alkyl halides is 3. The average Bonchev–Trinajstić information content (AvgIpc) is 2.40. The highest BCUT2D eigenvalue weighted by molar-refractivity contribution is 7.99. The molecule has 0 radical (unpaired) electrons. The van der Waals surface area contributed by atoms with Crippen LogP contribution in [0.5, 0.6) is 0 Å². The van der Waals surface area contributed by atoms with E-state index in [0.29, 0.717) is 0 Å². The van der Waals surface area contributed by atoms with Crippen LogP contribution in [-0.4, -0.2) is 0 Å². The Kier molecular flexibility index (Phi) is 4.28. The molecule has 2 aromatic rings. The monoisotopic (exact) mass is 297 g/mol. The molecule has 0 fully saturated rings. The lowest BCUT2D eigenvalue weighted by Crippen LogP contribution is -2.07. The van der Waals surface area contributed by atoms with Gasteiger partial charge in [0.05, 0.1) is 5.56 Å². The minimum Gasteiger partial charge on any atom is -0.399 e. The van der Waals surface area contributed by atoms with Crippen molar-refractivity contribution in [1.82, 2.24) is 0 Å². The maximum Gasteiger partial charge on any atom is 0.417 e. The summed E-state index contributed by atoms with van der Waals surface area (Å²) in [4.78, 5) is 0.938. The van der Waals surface area contributed by atoms with Crippen molar-refractivity contribution in [1.29, 1.82) is 0 Å². The number of nitrogen functional groups attached to an aromatic ring is 1. The van der Waals surface area contributed by atoms with Crippen LogP contribution in [0.4, 0.5) is 18.9 Å². The first-order valence-electron chi connectivity index (χ1n) is 6.13. The van der Waals surface area contributed by atoms with E-state index in [1.165, 1.54) is 12.1 Å². The van der Waals surface area contributed by atoms with Crippen molar-refractivity contribution in [2.24, 2.45) is 0 Å². The highest BCUT2D eigenvalue weighted by Gasteiger charge is 2.33. The summed E-state index contributed by atoms with van der Waals surface area (Å²) in [7, 11) is 0. The second-order valence-corrected chi connectivity index (χ2v) is 5.47. The predicted molar refractivity (Wildman–Crippen MR) is 75.8 cm³/mol. The van der Waals surface area contributed by atoms with Gasteiger partial charge in [0, 0.05) is 15.5 Å². The van der Waals surface area contributed by atoms with E-state index in [2.05, 4.69) is 0 Å². The minimum absolute atomic E-state index is 0.114. The summed E-state index contributed by atoms with van der Waals surface area (Å²) >= 11 is 1.09. The molecular weight excluding hydrogens is 283 g/mol. The summed E-state index contributed by atoms with van der Waals surface area (Å²) in [5, 5.41) is 0. The van der Waals surface area contributed by atoms with E-state index in [0.717, 1.165) is 34.7 Å². The Labute approximate surface area is 120 Å². The van der Waals surface area contributed by atoms with Crippen molar-refractivity contribution >= 4 is 17.4 Å². The summed E-state index contributed by atoms with van der Waals surface area (Å²) in [6.45, 7) is 2.03. The number of aryl methyl sites for hydroxylation is 1. The Balaban J connectivity index is 2.32. The molecule has 0 aromatic heterocycles. The lowest BCUT2D eigenvalue weighted by atomic mass is 10.2. The van der Waals surface area contributed by atoms with Gasteiger partial charge in [-0.2, -0.15) is 13.2 Å². The maximum absolute atomic E-state index is 13.0. The third kappa shape index (κ3) is 3.48. The average molecular weight is 297 g/mol. The minimum atomic E-state index is -4.40. The van der Waals surface area contributed by atoms with Gasteiger partial charge in [0.2, 0.25) is 0 Å².